The molecule has 0 spiro atoms. The molecule has 1 amide bonds. The first kappa shape index (κ1) is 23.6. The van der Waals surface area contributed by atoms with Gasteiger partial charge in [0.15, 0.2) is 4.96 Å². The molecule has 0 aliphatic heterocycles. The van der Waals surface area contributed by atoms with E-state index in [4.69, 9.17) is 0 Å². The highest BCUT2D eigenvalue weighted by atomic mass is 32.1. The maximum atomic E-state index is 13.9. The van der Waals surface area contributed by atoms with Gasteiger partial charge in [0, 0.05) is 23.3 Å². The highest BCUT2D eigenvalue weighted by Gasteiger charge is 2.20. The Balaban J connectivity index is 1.49. The Morgan fingerprint density at radius 2 is 1.86 bits per heavy atom. The Morgan fingerprint density at radius 1 is 1.08 bits per heavy atom. The number of carbonyl (C=O) groups excluding carboxylic acids is 1. The van der Waals surface area contributed by atoms with Crippen molar-refractivity contribution in [3.63, 3.8) is 0 Å². The Kier molecular flexibility index (Phi) is 6.24. The summed E-state index contributed by atoms with van der Waals surface area (Å²) in [5, 5.41) is 9.33. The van der Waals surface area contributed by atoms with E-state index in [1.165, 1.54) is 27.9 Å². The standard InChI is InChI=1S/C27H24FN5O2S/c1-16-9-10-20(28)12-23(16)33-17(2)11-22(31-33)25-18(3)30-27-32(26(25)35)21(15-36-27)13-24(34)29-14-19-7-5-4-6-8-19/h4-12,15H,13-14H2,1-3H3,(H,29,34). The fourth-order valence-electron chi connectivity index (χ4n) is 4.20. The zero-order chi connectivity index (χ0) is 25.4. The molecule has 3 aromatic heterocycles. The number of rotatable bonds is 6. The zero-order valence-corrected chi connectivity index (χ0v) is 20.9. The van der Waals surface area contributed by atoms with E-state index in [9.17, 15) is 14.0 Å². The van der Waals surface area contributed by atoms with Crippen LogP contribution in [0.15, 0.2) is 64.8 Å². The van der Waals surface area contributed by atoms with Crippen molar-refractivity contribution in [3.8, 4) is 16.9 Å². The molecule has 36 heavy (non-hydrogen) atoms. The smallest absolute Gasteiger partial charge is 0.268 e. The maximum Gasteiger partial charge on any atom is 0.268 e. The van der Waals surface area contributed by atoms with Gasteiger partial charge in [-0.2, -0.15) is 5.10 Å². The summed E-state index contributed by atoms with van der Waals surface area (Å²) < 4.78 is 17.0. The summed E-state index contributed by atoms with van der Waals surface area (Å²) in [4.78, 5) is 31.4. The number of hydrogen-bond acceptors (Lipinski definition) is 5. The predicted molar refractivity (Wildman–Crippen MR) is 138 cm³/mol. The molecule has 0 atom stereocenters. The zero-order valence-electron chi connectivity index (χ0n) is 20.1. The number of halogens is 1. The fourth-order valence-corrected chi connectivity index (χ4v) is 5.12. The van der Waals surface area contributed by atoms with Gasteiger partial charge < -0.3 is 5.32 Å². The lowest BCUT2D eigenvalue weighted by Crippen LogP contribution is -2.27. The largest absolute Gasteiger partial charge is 0.352 e. The van der Waals surface area contributed by atoms with Gasteiger partial charge in [-0.25, -0.2) is 14.1 Å². The average Bonchev–Trinajstić information content (AvgIpc) is 3.43. The molecule has 0 aliphatic rings. The lowest BCUT2D eigenvalue weighted by atomic mass is 10.1. The molecule has 1 N–H and O–H groups in total. The van der Waals surface area contributed by atoms with Gasteiger partial charge in [0.2, 0.25) is 5.91 Å². The Morgan fingerprint density at radius 3 is 2.64 bits per heavy atom. The van der Waals surface area contributed by atoms with E-state index in [-0.39, 0.29) is 23.7 Å². The molecule has 3 heterocycles. The first-order valence-electron chi connectivity index (χ1n) is 11.5. The number of nitrogens with one attached hydrogen (secondary N) is 1. The van der Waals surface area contributed by atoms with Gasteiger partial charge in [0.25, 0.3) is 5.56 Å². The molecule has 9 heteroatoms. The second-order valence-electron chi connectivity index (χ2n) is 8.68. The normalized spacial score (nSPS) is 11.2. The third kappa shape index (κ3) is 4.45. The van der Waals surface area contributed by atoms with E-state index in [1.807, 2.05) is 44.2 Å². The fraction of sp³-hybridized carbons (Fsp3) is 0.185. The van der Waals surface area contributed by atoms with E-state index < -0.39 is 0 Å². The quantitative estimate of drug-likeness (QED) is 0.371. The van der Waals surface area contributed by atoms with E-state index in [2.05, 4.69) is 15.4 Å². The lowest BCUT2D eigenvalue weighted by Gasteiger charge is -2.08. The van der Waals surface area contributed by atoms with Gasteiger partial charge in [0.05, 0.1) is 23.4 Å². The van der Waals surface area contributed by atoms with E-state index >= 15 is 0 Å². The van der Waals surface area contributed by atoms with Gasteiger partial charge in [-0.15, -0.1) is 11.3 Å². The maximum absolute atomic E-state index is 13.9. The minimum Gasteiger partial charge on any atom is -0.352 e. The van der Waals surface area contributed by atoms with Crippen LogP contribution in [0.4, 0.5) is 4.39 Å². The van der Waals surface area contributed by atoms with Crippen molar-refractivity contribution in [3.05, 3.63) is 104 Å². The van der Waals surface area contributed by atoms with E-state index in [1.54, 1.807) is 29.1 Å². The molecule has 0 radical (unpaired) electrons. The van der Waals surface area contributed by atoms with Gasteiger partial charge in [-0.1, -0.05) is 36.4 Å². The molecule has 0 saturated carbocycles. The number of aromatic nitrogens is 4. The molecule has 2 aromatic carbocycles. The van der Waals surface area contributed by atoms with Crippen molar-refractivity contribution in [1.82, 2.24) is 24.5 Å². The van der Waals surface area contributed by atoms with Crippen molar-refractivity contribution < 1.29 is 9.18 Å². The summed E-state index contributed by atoms with van der Waals surface area (Å²) in [6.07, 6.45) is 0.0485. The minimum absolute atomic E-state index is 0.0485. The second kappa shape index (κ2) is 9.50. The molecular weight excluding hydrogens is 477 g/mol. The van der Waals surface area contributed by atoms with Crippen LogP contribution in [0, 0.1) is 26.6 Å². The number of thiazole rings is 1. The van der Waals surface area contributed by atoms with Crippen molar-refractivity contribution in [2.45, 2.75) is 33.7 Å². The topological polar surface area (TPSA) is 81.3 Å². The molecule has 182 valence electrons. The van der Waals surface area contributed by atoms with E-state index in [0.717, 1.165) is 16.8 Å². The van der Waals surface area contributed by atoms with Gasteiger partial charge >= 0.3 is 0 Å². The van der Waals surface area contributed by atoms with Crippen LogP contribution in [-0.4, -0.2) is 25.1 Å². The first-order chi connectivity index (χ1) is 17.3. The second-order valence-corrected chi connectivity index (χ2v) is 9.51. The van der Waals surface area contributed by atoms with Crippen LogP contribution >= 0.6 is 11.3 Å². The molecule has 0 unspecified atom stereocenters. The van der Waals surface area contributed by atoms with Gasteiger partial charge in [0.1, 0.15) is 11.5 Å². The van der Waals surface area contributed by atoms with Crippen LogP contribution in [0.3, 0.4) is 0 Å². The number of carbonyl (C=O) groups is 1. The third-order valence-electron chi connectivity index (χ3n) is 6.04. The Bertz CT molecular complexity index is 1650. The number of amides is 1. The van der Waals surface area contributed by atoms with Crippen LogP contribution in [-0.2, 0) is 17.8 Å². The predicted octanol–water partition coefficient (Wildman–Crippen LogP) is 4.53. The van der Waals surface area contributed by atoms with Crippen LogP contribution in [0.1, 0.15) is 28.2 Å². The number of fused-ring (bicyclic) bond motifs is 1. The highest BCUT2D eigenvalue weighted by Crippen LogP contribution is 2.25. The molecule has 0 fully saturated rings. The van der Waals surface area contributed by atoms with E-state index in [0.29, 0.717) is 39.8 Å². The lowest BCUT2D eigenvalue weighted by molar-refractivity contribution is -0.120. The SMILES string of the molecule is Cc1ccc(F)cc1-n1nc(-c2c(C)nc3scc(CC(=O)NCc4ccccc4)n3c2=O)cc1C. The van der Waals surface area contributed by atoms with Gasteiger partial charge in [-0.05, 0) is 50.1 Å². The number of hydrogen-bond donors (Lipinski definition) is 1. The molecular formula is C27H24FN5O2S. The van der Waals surface area contributed by atoms with Crippen molar-refractivity contribution >= 4 is 22.2 Å². The van der Waals surface area contributed by atoms with Crippen LogP contribution in [0.25, 0.3) is 21.9 Å². The summed E-state index contributed by atoms with van der Waals surface area (Å²) in [7, 11) is 0. The molecule has 7 nitrogen and oxygen atoms in total. The number of benzene rings is 2. The monoisotopic (exact) mass is 501 g/mol. The van der Waals surface area contributed by atoms with Crippen molar-refractivity contribution in [2.75, 3.05) is 0 Å². The van der Waals surface area contributed by atoms with Gasteiger partial charge in [-0.3, -0.25) is 14.0 Å². The highest BCUT2D eigenvalue weighted by molar-refractivity contribution is 7.15. The van der Waals surface area contributed by atoms with Crippen molar-refractivity contribution in [2.24, 2.45) is 0 Å². The van der Waals surface area contributed by atoms with Crippen LogP contribution in [0.5, 0.6) is 0 Å². The molecule has 0 saturated heterocycles. The summed E-state index contributed by atoms with van der Waals surface area (Å²) in [5.74, 6) is -0.547. The molecule has 0 bridgehead atoms. The Hall–Kier alpha value is -4.11. The average molecular weight is 502 g/mol. The first-order valence-corrected chi connectivity index (χ1v) is 12.3. The molecule has 5 aromatic rings. The minimum atomic E-state index is -0.361. The summed E-state index contributed by atoms with van der Waals surface area (Å²) in [6, 6.07) is 16.0. The molecule has 0 aliphatic carbocycles. The summed E-state index contributed by atoms with van der Waals surface area (Å²) in [6.45, 7) is 5.91. The summed E-state index contributed by atoms with van der Waals surface area (Å²) in [5.41, 5.74) is 4.85. The number of nitrogens with zero attached hydrogens (tertiary/aromatic N) is 4. The molecule has 5 rings (SSSR count). The Labute approximate surface area is 210 Å². The third-order valence-corrected chi connectivity index (χ3v) is 6.91. The van der Waals surface area contributed by atoms with Crippen molar-refractivity contribution in [1.29, 1.82) is 0 Å². The van der Waals surface area contributed by atoms with Crippen LogP contribution < -0.4 is 10.9 Å². The number of aryl methyl sites for hydroxylation is 3. The van der Waals surface area contributed by atoms with Crippen LogP contribution in [0.2, 0.25) is 0 Å². The summed E-state index contributed by atoms with van der Waals surface area (Å²) >= 11 is 1.32.